The predicted octanol–water partition coefficient (Wildman–Crippen LogP) is 0.659. The molecule has 2 atom stereocenters. The summed E-state index contributed by atoms with van der Waals surface area (Å²) in [6.07, 6.45) is 3.50. The number of hydrogen-bond donors (Lipinski definition) is 1. The Morgan fingerprint density at radius 2 is 2.28 bits per heavy atom. The maximum Gasteiger partial charge on any atom is 0.225 e. The zero-order chi connectivity index (χ0) is 17.4. The van der Waals surface area contributed by atoms with E-state index in [9.17, 15) is 9.59 Å². The summed E-state index contributed by atoms with van der Waals surface area (Å²) in [6, 6.07) is 3.69. The van der Waals surface area contributed by atoms with E-state index in [1.165, 1.54) is 0 Å². The molecule has 0 aliphatic carbocycles. The van der Waals surface area contributed by atoms with Gasteiger partial charge >= 0.3 is 0 Å². The smallest absolute Gasteiger partial charge is 0.225 e. The number of likely N-dealkylation sites (tertiary alicyclic amines) is 1. The second kappa shape index (κ2) is 6.34. The minimum Gasteiger partial charge on any atom is -0.467 e. The number of nitrogens with zero attached hydrogens (tertiary/aromatic N) is 4. The number of nitrogens with one attached hydrogen (secondary N) is 1. The molecule has 1 saturated heterocycles. The summed E-state index contributed by atoms with van der Waals surface area (Å²) in [5.74, 6) is 2.23. The topological polar surface area (TPSA) is 93.3 Å². The molecular weight excluding hydrogens is 322 g/mol. The van der Waals surface area contributed by atoms with Gasteiger partial charge in [-0.05, 0) is 25.5 Å². The van der Waals surface area contributed by atoms with Crippen molar-refractivity contribution in [3.8, 4) is 0 Å². The molecule has 0 aromatic carbocycles. The number of aromatic nitrogens is 3. The van der Waals surface area contributed by atoms with Crippen LogP contribution in [0.15, 0.2) is 22.8 Å². The Labute approximate surface area is 145 Å². The Kier molecular flexibility index (Phi) is 4.03. The number of carbonyl (C=O) groups is 2. The van der Waals surface area contributed by atoms with E-state index < -0.39 is 0 Å². The normalized spacial score (nSPS) is 22.9. The lowest BCUT2D eigenvalue weighted by molar-refractivity contribution is -0.129. The first kappa shape index (κ1) is 15.9. The van der Waals surface area contributed by atoms with Crippen LogP contribution in [0.4, 0.5) is 0 Å². The van der Waals surface area contributed by atoms with E-state index in [1.807, 2.05) is 13.0 Å². The third-order valence-electron chi connectivity index (χ3n) is 4.99. The van der Waals surface area contributed by atoms with Gasteiger partial charge in [-0.2, -0.15) is 0 Å². The molecule has 0 saturated carbocycles. The van der Waals surface area contributed by atoms with Crippen molar-refractivity contribution in [3.63, 3.8) is 0 Å². The maximum absolute atomic E-state index is 12.6. The van der Waals surface area contributed by atoms with Crippen LogP contribution in [-0.4, -0.2) is 44.1 Å². The summed E-state index contributed by atoms with van der Waals surface area (Å²) >= 11 is 0. The van der Waals surface area contributed by atoms with Gasteiger partial charge in [-0.15, -0.1) is 10.2 Å². The van der Waals surface area contributed by atoms with Crippen LogP contribution < -0.4 is 5.32 Å². The number of carbonyl (C=O) groups excluding carboxylic acids is 2. The molecule has 25 heavy (non-hydrogen) atoms. The molecule has 4 heterocycles. The number of amides is 2. The molecular formula is C17H21N5O3. The molecule has 0 bridgehead atoms. The van der Waals surface area contributed by atoms with Crippen LogP contribution in [0, 0.1) is 12.8 Å². The van der Waals surface area contributed by atoms with Gasteiger partial charge in [0.25, 0.3) is 0 Å². The van der Waals surface area contributed by atoms with Crippen molar-refractivity contribution >= 4 is 11.8 Å². The van der Waals surface area contributed by atoms with Crippen molar-refractivity contribution in [1.29, 1.82) is 0 Å². The highest BCUT2D eigenvalue weighted by atomic mass is 16.3. The average Bonchev–Trinajstić information content (AvgIpc) is 3.31. The quantitative estimate of drug-likeness (QED) is 0.880. The van der Waals surface area contributed by atoms with Gasteiger partial charge in [-0.3, -0.25) is 9.59 Å². The fraction of sp³-hybridized carbons (Fsp3) is 0.529. The third kappa shape index (κ3) is 3.16. The Bertz CT molecular complexity index is 782. The van der Waals surface area contributed by atoms with E-state index in [-0.39, 0.29) is 30.2 Å². The van der Waals surface area contributed by atoms with E-state index in [2.05, 4.69) is 20.1 Å². The van der Waals surface area contributed by atoms with Gasteiger partial charge in [-0.1, -0.05) is 0 Å². The summed E-state index contributed by atoms with van der Waals surface area (Å²) in [6.45, 7) is 3.47. The summed E-state index contributed by atoms with van der Waals surface area (Å²) in [5.41, 5.74) is 0. The molecule has 0 radical (unpaired) electrons. The van der Waals surface area contributed by atoms with Gasteiger partial charge in [-0.25, -0.2) is 0 Å². The SMILES string of the molecule is Cc1nnc2n1C[C@@H](NC(=O)[C@@H]1CC(=O)N(Cc3ccco3)C1)CC2. The largest absolute Gasteiger partial charge is 0.467 e. The Balaban J connectivity index is 1.34. The first-order valence-corrected chi connectivity index (χ1v) is 8.59. The molecule has 2 aromatic rings. The molecule has 2 aliphatic rings. The zero-order valence-electron chi connectivity index (χ0n) is 14.1. The minimum atomic E-state index is -0.300. The summed E-state index contributed by atoms with van der Waals surface area (Å²) in [5, 5.41) is 11.3. The zero-order valence-corrected chi connectivity index (χ0v) is 14.1. The number of furan rings is 1. The van der Waals surface area contributed by atoms with E-state index in [1.54, 1.807) is 17.2 Å². The van der Waals surface area contributed by atoms with Crippen LogP contribution in [0.2, 0.25) is 0 Å². The van der Waals surface area contributed by atoms with Crippen LogP contribution >= 0.6 is 0 Å². The van der Waals surface area contributed by atoms with Crippen LogP contribution in [0.1, 0.15) is 30.3 Å². The summed E-state index contributed by atoms with van der Waals surface area (Å²) < 4.78 is 7.34. The van der Waals surface area contributed by atoms with Gasteiger partial charge in [0.15, 0.2) is 0 Å². The molecule has 4 rings (SSSR count). The van der Waals surface area contributed by atoms with Crippen molar-refractivity contribution in [3.05, 3.63) is 35.8 Å². The fourth-order valence-electron chi connectivity index (χ4n) is 3.59. The standard InChI is InChI=1S/C17H21N5O3/c1-11-19-20-15-5-4-13(9-22(11)15)18-17(24)12-7-16(23)21(8-12)10-14-3-2-6-25-14/h2-3,6,12-13H,4-5,7-10H2,1H3,(H,18,24)/t12-,13+/m1/s1. The van der Waals surface area contributed by atoms with Crippen LogP contribution in [0.3, 0.4) is 0 Å². The van der Waals surface area contributed by atoms with Gasteiger partial charge < -0.3 is 19.2 Å². The Morgan fingerprint density at radius 3 is 3.08 bits per heavy atom. The highest BCUT2D eigenvalue weighted by Gasteiger charge is 2.35. The van der Waals surface area contributed by atoms with Crippen LogP contribution in [0.25, 0.3) is 0 Å². The van der Waals surface area contributed by atoms with Crippen LogP contribution in [0.5, 0.6) is 0 Å². The van der Waals surface area contributed by atoms with Gasteiger partial charge in [0.05, 0.1) is 18.7 Å². The van der Waals surface area contributed by atoms with Crippen molar-refractivity contribution in [2.75, 3.05) is 6.54 Å². The molecule has 1 fully saturated rings. The van der Waals surface area contributed by atoms with E-state index in [4.69, 9.17) is 4.42 Å². The highest BCUT2D eigenvalue weighted by molar-refractivity contribution is 5.89. The first-order chi connectivity index (χ1) is 12.1. The summed E-state index contributed by atoms with van der Waals surface area (Å²) in [7, 11) is 0. The third-order valence-corrected chi connectivity index (χ3v) is 4.99. The average molecular weight is 343 g/mol. The van der Waals surface area contributed by atoms with E-state index in [0.29, 0.717) is 19.6 Å². The van der Waals surface area contributed by atoms with Crippen molar-refractivity contribution in [2.24, 2.45) is 5.92 Å². The monoisotopic (exact) mass is 343 g/mol. The molecule has 1 N–H and O–H groups in total. The second-order valence-corrected chi connectivity index (χ2v) is 6.77. The molecule has 132 valence electrons. The highest BCUT2D eigenvalue weighted by Crippen LogP contribution is 2.22. The lowest BCUT2D eigenvalue weighted by atomic mass is 10.0. The van der Waals surface area contributed by atoms with Gasteiger partial charge in [0, 0.05) is 32.0 Å². The molecule has 0 unspecified atom stereocenters. The van der Waals surface area contributed by atoms with Gasteiger partial charge in [0.1, 0.15) is 17.4 Å². The summed E-state index contributed by atoms with van der Waals surface area (Å²) in [4.78, 5) is 26.4. The lowest BCUT2D eigenvalue weighted by Gasteiger charge is -2.26. The molecule has 8 nitrogen and oxygen atoms in total. The van der Waals surface area contributed by atoms with Crippen molar-refractivity contribution in [1.82, 2.24) is 25.0 Å². The number of rotatable bonds is 4. The van der Waals surface area contributed by atoms with Crippen molar-refractivity contribution in [2.45, 2.75) is 45.3 Å². The molecule has 0 spiro atoms. The number of hydrogen-bond acceptors (Lipinski definition) is 5. The number of fused-ring (bicyclic) bond motifs is 1. The second-order valence-electron chi connectivity index (χ2n) is 6.77. The first-order valence-electron chi connectivity index (χ1n) is 8.59. The fourth-order valence-corrected chi connectivity index (χ4v) is 3.59. The van der Waals surface area contributed by atoms with Gasteiger partial charge in [0.2, 0.25) is 11.8 Å². The Hall–Kier alpha value is -2.64. The maximum atomic E-state index is 12.6. The minimum absolute atomic E-state index is 0.00265. The number of aryl methyl sites for hydroxylation is 2. The lowest BCUT2D eigenvalue weighted by Crippen LogP contribution is -2.44. The molecule has 8 heteroatoms. The predicted molar refractivity (Wildman–Crippen MR) is 87.2 cm³/mol. The molecule has 2 aromatic heterocycles. The van der Waals surface area contributed by atoms with Crippen LogP contribution in [-0.2, 0) is 29.1 Å². The Morgan fingerprint density at radius 1 is 1.40 bits per heavy atom. The van der Waals surface area contributed by atoms with E-state index in [0.717, 1.165) is 30.3 Å². The van der Waals surface area contributed by atoms with E-state index >= 15 is 0 Å². The van der Waals surface area contributed by atoms with Crippen molar-refractivity contribution < 1.29 is 14.0 Å². The molecule has 2 amide bonds. The molecule has 2 aliphatic heterocycles.